The summed E-state index contributed by atoms with van der Waals surface area (Å²) < 4.78 is 4.95. The van der Waals surface area contributed by atoms with E-state index in [1.807, 2.05) is 31.2 Å². The third kappa shape index (κ3) is 4.24. The molecule has 0 heterocycles. The van der Waals surface area contributed by atoms with Crippen molar-refractivity contribution >= 4 is 5.78 Å². The molecule has 0 aromatic heterocycles. The van der Waals surface area contributed by atoms with Gasteiger partial charge in [-0.2, -0.15) is 0 Å². The molecular weight excluding hydrogens is 226 g/mol. The van der Waals surface area contributed by atoms with Crippen LogP contribution in [0.3, 0.4) is 0 Å². The van der Waals surface area contributed by atoms with Gasteiger partial charge in [0.15, 0.2) is 5.78 Å². The predicted molar refractivity (Wildman–Crippen MR) is 74.2 cm³/mol. The van der Waals surface area contributed by atoms with Crippen LogP contribution in [0.1, 0.15) is 42.6 Å². The number of ether oxygens (including phenoxy) is 1. The van der Waals surface area contributed by atoms with Gasteiger partial charge in [-0.15, -0.1) is 0 Å². The second-order valence-corrected chi connectivity index (χ2v) is 4.81. The highest BCUT2D eigenvalue weighted by Gasteiger charge is 2.14. The molecule has 18 heavy (non-hydrogen) atoms. The minimum Gasteiger partial charge on any atom is -0.383 e. The molecule has 3 nitrogen and oxygen atoms in total. The van der Waals surface area contributed by atoms with E-state index < -0.39 is 0 Å². The number of rotatable bonds is 7. The van der Waals surface area contributed by atoms with E-state index in [4.69, 9.17) is 4.74 Å². The number of nitrogens with one attached hydrogen (secondary N) is 1. The Hall–Kier alpha value is -1.19. The molecule has 0 aliphatic carbocycles. The van der Waals surface area contributed by atoms with E-state index in [9.17, 15) is 4.79 Å². The van der Waals surface area contributed by atoms with Gasteiger partial charge in [0.05, 0.1) is 12.6 Å². The number of hydrogen-bond acceptors (Lipinski definition) is 3. The van der Waals surface area contributed by atoms with E-state index in [-0.39, 0.29) is 11.8 Å². The van der Waals surface area contributed by atoms with Gasteiger partial charge in [0.1, 0.15) is 0 Å². The van der Waals surface area contributed by atoms with Gasteiger partial charge in [0.2, 0.25) is 0 Å². The lowest BCUT2D eigenvalue weighted by atomic mass is 9.99. The van der Waals surface area contributed by atoms with Crippen molar-refractivity contribution in [3.63, 3.8) is 0 Å². The fraction of sp³-hybridized carbons (Fsp3) is 0.533. The van der Waals surface area contributed by atoms with Crippen LogP contribution in [0.25, 0.3) is 0 Å². The largest absolute Gasteiger partial charge is 0.383 e. The van der Waals surface area contributed by atoms with Gasteiger partial charge in [-0.1, -0.05) is 38.1 Å². The molecule has 0 radical (unpaired) electrons. The Morgan fingerprint density at radius 3 is 2.33 bits per heavy atom. The molecule has 1 unspecified atom stereocenters. The van der Waals surface area contributed by atoms with Crippen LogP contribution >= 0.6 is 0 Å². The lowest BCUT2D eigenvalue weighted by Gasteiger charge is -2.13. The van der Waals surface area contributed by atoms with Crippen LogP contribution in [0.15, 0.2) is 24.3 Å². The molecule has 0 amide bonds. The van der Waals surface area contributed by atoms with Gasteiger partial charge in [0.25, 0.3) is 0 Å². The van der Waals surface area contributed by atoms with E-state index in [2.05, 4.69) is 19.2 Å². The zero-order valence-electron chi connectivity index (χ0n) is 11.7. The van der Waals surface area contributed by atoms with Gasteiger partial charge in [-0.3, -0.25) is 4.79 Å². The summed E-state index contributed by atoms with van der Waals surface area (Å²) in [4.78, 5) is 12.1. The van der Waals surface area contributed by atoms with E-state index in [0.29, 0.717) is 19.1 Å². The number of benzene rings is 1. The summed E-state index contributed by atoms with van der Waals surface area (Å²) in [6.07, 6.45) is 0. The van der Waals surface area contributed by atoms with Crippen molar-refractivity contribution in [2.45, 2.75) is 32.7 Å². The SMILES string of the molecule is COCCNC(C)C(=O)c1ccc(C(C)C)cc1. The highest BCUT2D eigenvalue weighted by Crippen LogP contribution is 2.15. The fourth-order valence-electron chi connectivity index (χ4n) is 1.75. The van der Waals surface area contributed by atoms with Gasteiger partial charge in [0, 0.05) is 19.2 Å². The van der Waals surface area contributed by atoms with Crippen LogP contribution in [0.4, 0.5) is 0 Å². The summed E-state index contributed by atoms with van der Waals surface area (Å²) in [6.45, 7) is 7.48. The molecule has 1 N–H and O–H groups in total. The van der Waals surface area contributed by atoms with Gasteiger partial charge in [-0.25, -0.2) is 0 Å². The normalized spacial score (nSPS) is 12.7. The lowest BCUT2D eigenvalue weighted by molar-refractivity contribution is 0.0945. The molecule has 3 heteroatoms. The summed E-state index contributed by atoms with van der Waals surface area (Å²) >= 11 is 0. The molecular formula is C15H23NO2. The van der Waals surface area contributed by atoms with Crippen LogP contribution in [-0.4, -0.2) is 32.1 Å². The molecule has 100 valence electrons. The second-order valence-electron chi connectivity index (χ2n) is 4.81. The average molecular weight is 249 g/mol. The van der Waals surface area contributed by atoms with Crippen LogP contribution in [0.2, 0.25) is 0 Å². The highest BCUT2D eigenvalue weighted by molar-refractivity contribution is 5.99. The Bertz CT molecular complexity index is 371. The third-order valence-corrected chi connectivity index (χ3v) is 3.01. The predicted octanol–water partition coefficient (Wildman–Crippen LogP) is 2.62. The third-order valence-electron chi connectivity index (χ3n) is 3.01. The lowest BCUT2D eigenvalue weighted by Crippen LogP contribution is -2.36. The van der Waals surface area contributed by atoms with Crippen molar-refractivity contribution in [2.24, 2.45) is 0 Å². The Morgan fingerprint density at radius 2 is 1.83 bits per heavy atom. The van der Waals surface area contributed by atoms with Crippen molar-refractivity contribution in [2.75, 3.05) is 20.3 Å². The maximum absolute atomic E-state index is 12.1. The zero-order chi connectivity index (χ0) is 13.5. The van der Waals surface area contributed by atoms with E-state index in [1.54, 1.807) is 7.11 Å². The molecule has 1 aromatic rings. The Kier molecular flexibility index (Phi) is 6.02. The first-order valence-electron chi connectivity index (χ1n) is 6.42. The summed E-state index contributed by atoms with van der Waals surface area (Å²) in [7, 11) is 1.65. The topological polar surface area (TPSA) is 38.3 Å². The Balaban J connectivity index is 2.60. The maximum Gasteiger partial charge on any atom is 0.179 e. The Morgan fingerprint density at radius 1 is 1.22 bits per heavy atom. The quantitative estimate of drug-likeness (QED) is 0.596. The van der Waals surface area contributed by atoms with Crippen LogP contribution in [-0.2, 0) is 4.74 Å². The number of carbonyl (C=O) groups is 1. The second kappa shape index (κ2) is 7.29. The summed E-state index contributed by atoms with van der Waals surface area (Å²) in [5.74, 6) is 0.618. The van der Waals surface area contributed by atoms with Crippen LogP contribution in [0, 0.1) is 0 Å². The number of carbonyl (C=O) groups excluding carboxylic acids is 1. The van der Waals surface area contributed by atoms with E-state index in [1.165, 1.54) is 5.56 Å². The van der Waals surface area contributed by atoms with Gasteiger partial charge < -0.3 is 10.1 Å². The Labute approximate surface area is 110 Å². The van der Waals surface area contributed by atoms with Gasteiger partial charge >= 0.3 is 0 Å². The molecule has 0 aliphatic rings. The average Bonchev–Trinajstić information content (AvgIpc) is 2.38. The van der Waals surface area contributed by atoms with Crippen molar-refractivity contribution in [1.29, 1.82) is 0 Å². The molecule has 0 saturated heterocycles. The van der Waals surface area contributed by atoms with Crippen molar-refractivity contribution in [3.8, 4) is 0 Å². The first-order chi connectivity index (χ1) is 8.56. The van der Waals surface area contributed by atoms with Crippen LogP contribution < -0.4 is 5.32 Å². The zero-order valence-corrected chi connectivity index (χ0v) is 11.7. The molecule has 0 bridgehead atoms. The van der Waals surface area contributed by atoms with Crippen molar-refractivity contribution in [1.82, 2.24) is 5.32 Å². The maximum atomic E-state index is 12.1. The minimum absolute atomic E-state index is 0.126. The fourth-order valence-corrected chi connectivity index (χ4v) is 1.75. The van der Waals surface area contributed by atoms with Crippen molar-refractivity contribution in [3.05, 3.63) is 35.4 Å². The molecule has 0 spiro atoms. The van der Waals surface area contributed by atoms with Crippen molar-refractivity contribution < 1.29 is 9.53 Å². The first kappa shape index (κ1) is 14.9. The summed E-state index contributed by atoms with van der Waals surface area (Å²) in [5, 5.41) is 3.14. The standard InChI is InChI=1S/C15H23NO2/c1-11(2)13-5-7-14(8-6-13)15(17)12(3)16-9-10-18-4/h5-8,11-12,16H,9-10H2,1-4H3. The number of Topliss-reactive ketones (excluding diaryl/α,β-unsaturated/α-hetero) is 1. The number of hydrogen-bond donors (Lipinski definition) is 1. The molecule has 1 aromatic carbocycles. The highest BCUT2D eigenvalue weighted by atomic mass is 16.5. The first-order valence-corrected chi connectivity index (χ1v) is 6.42. The molecule has 1 atom stereocenters. The molecule has 0 saturated carbocycles. The number of ketones is 1. The number of methoxy groups -OCH3 is 1. The monoisotopic (exact) mass is 249 g/mol. The van der Waals surface area contributed by atoms with Crippen LogP contribution in [0.5, 0.6) is 0 Å². The summed E-state index contributed by atoms with van der Waals surface area (Å²) in [6, 6.07) is 7.70. The smallest absolute Gasteiger partial charge is 0.179 e. The van der Waals surface area contributed by atoms with E-state index >= 15 is 0 Å². The molecule has 1 rings (SSSR count). The van der Waals surface area contributed by atoms with Gasteiger partial charge in [-0.05, 0) is 18.4 Å². The minimum atomic E-state index is -0.176. The summed E-state index contributed by atoms with van der Waals surface area (Å²) in [5.41, 5.74) is 2.02. The van der Waals surface area contributed by atoms with E-state index in [0.717, 1.165) is 5.56 Å². The molecule has 0 aliphatic heterocycles. The molecule has 0 fully saturated rings.